The summed E-state index contributed by atoms with van der Waals surface area (Å²) in [5.41, 5.74) is 15.7. The molecule has 276 valence electrons. The van der Waals surface area contributed by atoms with Gasteiger partial charge in [-0.05, 0) is 78.8 Å². The summed E-state index contributed by atoms with van der Waals surface area (Å²) >= 11 is 0. The van der Waals surface area contributed by atoms with Crippen LogP contribution in [0.2, 0.25) is 0 Å². The van der Waals surface area contributed by atoms with Crippen LogP contribution in [-0.4, -0.2) is 54.2 Å². The standard InChI is InChI=1S/C51H36B5N3O/c52-43-42(44(53)46(55)47(56)45(43)54)27-17-19-29(20-18-27)50-57-49(28-9-2-1-3-10-28)58-51(59-50)39-16-8-15-38-37-24-22-31(26-41(37)60-48(38)39)30-21-23-36-34-13-5-4-11-32(34)33-12-6-7-14-35(33)40(36)25-30/h1-26H,52-56H2. The Kier molecular flexibility index (Phi) is 8.42. The van der Waals surface area contributed by atoms with E-state index in [9.17, 15) is 0 Å². The van der Waals surface area contributed by atoms with Gasteiger partial charge in [0.1, 0.15) is 50.4 Å². The molecule has 60 heavy (non-hydrogen) atoms. The van der Waals surface area contributed by atoms with E-state index >= 15 is 0 Å². The van der Waals surface area contributed by atoms with Crippen LogP contribution in [0.1, 0.15) is 0 Å². The molecule has 11 rings (SSSR count). The van der Waals surface area contributed by atoms with Crippen molar-refractivity contribution >= 4 is 121 Å². The van der Waals surface area contributed by atoms with Gasteiger partial charge in [-0.25, -0.2) is 15.0 Å². The van der Waals surface area contributed by atoms with E-state index in [2.05, 4.69) is 167 Å². The van der Waals surface area contributed by atoms with Crippen molar-refractivity contribution in [1.82, 2.24) is 15.0 Å². The fourth-order valence-corrected chi connectivity index (χ4v) is 9.30. The first kappa shape index (κ1) is 36.0. The lowest BCUT2D eigenvalue weighted by molar-refractivity contribution is 0.669. The van der Waals surface area contributed by atoms with Gasteiger partial charge in [0.25, 0.3) is 0 Å². The molecule has 4 nitrogen and oxygen atoms in total. The van der Waals surface area contributed by atoms with Crippen molar-refractivity contribution in [2.45, 2.75) is 0 Å². The van der Waals surface area contributed by atoms with Crippen molar-refractivity contribution in [3.8, 4) is 56.4 Å². The third kappa shape index (κ3) is 5.72. The minimum atomic E-state index is 0.568. The van der Waals surface area contributed by atoms with Gasteiger partial charge in [0.05, 0.1) is 5.56 Å². The minimum Gasteiger partial charge on any atom is -0.455 e. The second-order valence-corrected chi connectivity index (χ2v) is 16.1. The Bertz CT molecular complexity index is 3490. The number of benzene rings is 9. The molecule has 0 spiro atoms. The Balaban J connectivity index is 1.03. The molecule has 0 unspecified atom stereocenters. The molecule has 0 atom stereocenters. The molecule has 2 heterocycles. The molecule has 0 bridgehead atoms. The van der Waals surface area contributed by atoms with Crippen molar-refractivity contribution < 1.29 is 4.42 Å². The number of nitrogens with zero attached hydrogens (tertiary/aromatic N) is 3. The summed E-state index contributed by atoms with van der Waals surface area (Å²) < 4.78 is 6.82. The number of furan rings is 1. The van der Waals surface area contributed by atoms with Gasteiger partial charge in [0, 0.05) is 21.9 Å². The van der Waals surface area contributed by atoms with Crippen LogP contribution in [0, 0.1) is 0 Å². The third-order valence-corrected chi connectivity index (χ3v) is 12.9. The van der Waals surface area contributed by atoms with E-state index in [-0.39, 0.29) is 0 Å². The Morgan fingerprint density at radius 1 is 0.317 bits per heavy atom. The predicted octanol–water partition coefficient (Wildman–Crippen LogP) is 4.86. The number of para-hydroxylation sites is 1. The van der Waals surface area contributed by atoms with Gasteiger partial charge in [-0.15, -0.1) is 16.4 Å². The SMILES string of the molecule is Bc1c(B)c(B)c(-c2ccc(-c3nc(-c4ccccc4)nc(-c4cccc5c4oc4cc(-c6ccc7c8ccccc8c8ccccc8c7c6)ccc45)n3)cc2)c(B)c1B. The highest BCUT2D eigenvalue weighted by Crippen LogP contribution is 2.40. The van der Waals surface area contributed by atoms with Crippen molar-refractivity contribution in [3.63, 3.8) is 0 Å². The fourth-order valence-electron chi connectivity index (χ4n) is 9.30. The molecule has 2 aromatic heterocycles. The minimum absolute atomic E-state index is 0.568. The molecular weight excluding hydrogens is 725 g/mol. The van der Waals surface area contributed by atoms with Crippen molar-refractivity contribution in [3.05, 3.63) is 158 Å². The summed E-state index contributed by atoms with van der Waals surface area (Å²) in [4.78, 5) is 15.3. The molecule has 0 radical (unpaired) electrons. The zero-order valence-electron chi connectivity index (χ0n) is 34.3. The average Bonchev–Trinajstić information content (AvgIpc) is 3.69. The molecule has 0 amide bonds. The number of rotatable bonds is 5. The van der Waals surface area contributed by atoms with Crippen molar-refractivity contribution in [2.24, 2.45) is 0 Å². The fraction of sp³-hybridized carbons (Fsp3) is 0. The Morgan fingerprint density at radius 2 is 0.767 bits per heavy atom. The van der Waals surface area contributed by atoms with Gasteiger partial charge in [-0.3, -0.25) is 0 Å². The Labute approximate surface area is 352 Å². The van der Waals surface area contributed by atoms with Gasteiger partial charge < -0.3 is 4.42 Å². The zero-order valence-corrected chi connectivity index (χ0v) is 34.3. The summed E-state index contributed by atoms with van der Waals surface area (Å²) in [7, 11) is 11.1. The molecule has 0 saturated heterocycles. The van der Waals surface area contributed by atoms with E-state index in [0.717, 1.165) is 49.8 Å². The van der Waals surface area contributed by atoms with Crippen molar-refractivity contribution in [1.29, 1.82) is 0 Å². The van der Waals surface area contributed by atoms with E-state index in [4.69, 9.17) is 19.4 Å². The smallest absolute Gasteiger partial charge is 0.167 e. The van der Waals surface area contributed by atoms with Crippen molar-refractivity contribution in [2.75, 3.05) is 0 Å². The van der Waals surface area contributed by atoms with Gasteiger partial charge in [-0.2, -0.15) is 0 Å². The summed E-state index contributed by atoms with van der Waals surface area (Å²) in [5, 5.41) is 9.64. The first-order chi connectivity index (χ1) is 29.3. The van der Waals surface area contributed by atoms with Gasteiger partial charge in [0.15, 0.2) is 17.5 Å². The van der Waals surface area contributed by atoms with Crippen LogP contribution in [0.3, 0.4) is 0 Å². The monoisotopic (exact) mass is 761 g/mol. The zero-order chi connectivity index (χ0) is 40.6. The van der Waals surface area contributed by atoms with E-state index in [1.807, 2.05) is 30.3 Å². The topological polar surface area (TPSA) is 51.8 Å². The van der Waals surface area contributed by atoms with Crippen LogP contribution < -0.4 is 27.3 Å². The first-order valence-corrected chi connectivity index (χ1v) is 20.6. The number of aromatic nitrogens is 3. The van der Waals surface area contributed by atoms with Crippen LogP contribution >= 0.6 is 0 Å². The van der Waals surface area contributed by atoms with Crippen LogP contribution in [0.5, 0.6) is 0 Å². The maximum atomic E-state index is 6.82. The third-order valence-electron chi connectivity index (χ3n) is 12.9. The molecule has 0 saturated carbocycles. The van der Waals surface area contributed by atoms with E-state index in [0.29, 0.717) is 17.5 Å². The lowest BCUT2D eigenvalue weighted by Crippen LogP contribution is -2.55. The molecule has 0 aliphatic heterocycles. The number of hydrogen-bond acceptors (Lipinski definition) is 4. The quantitative estimate of drug-likeness (QED) is 0.186. The van der Waals surface area contributed by atoms with E-state index < -0.39 is 0 Å². The highest BCUT2D eigenvalue weighted by molar-refractivity contribution is 6.68. The first-order valence-electron chi connectivity index (χ1n) is 20.6. The highest BCUT2D eigenvalue weighted by atomic mass is 16.3. The Morgan fingerprint density at radius 3 is 1.40 bits per heavy atom. The number of fused-ring (bicyclic) bond motifs is 9. The molecule has 0 N–H and O–H groups in total. The van der Waals surface area contributed by atoms with Crippen LogP contribution in [-0.2, 0) is 0 Å². The van der Waals surface area contributed by atoms with Crippen LogP contribution in [0.25, 0.3) is 111 Å². The summed E-state index contributed by atoms with van der Waals surface area (Å²) in [5.74, 6) is 1.79. The van der Waals surface area contributed by atoms with Gasteiger partial charge in [-0.1, -0.05) is 144 Å². The summed E-state index contributed by atoms with van der Waals surface area (Å²) in [6.07, 6.45) is 0. The number of hydrogen-bond donors (Lipinski definition) is 0. The second kappa shape index (κ2) is 14.0. The van der Waals surface area contributed by atoms with Crippen LogP contribution in [0.4, 0.5) is 0 Å². The van der Waals surface area contributed by atoms with Gasteiger partial charge in [0.2, 0.25) is 0 Å². The van der Waals surface area contributed by atoms with E-state index in [1.165, 1.54) is 70.8 Å². The molecule has 0 fully saturated rings. The maximum Gasteiger partial charge on any atom is 0.167 e. The maximum absolute atomic E-state index is 6.82. The molecular formula is C51H36B5N3O. The molecule has 0 aliphatic rings. The molecule has 9 heteroatoms. The lowest BCUT2D eigenvalue weighted by atomic mass is 9.59. The van der Waals surface area contributed by atoms with Gasteiger partial charge >= 0.3 is 0 Å². The largest absolute Gasteiger partial charge is 0.455 e. The predicted molar refractivity (Wildman–Crippen MR) is 268 cm³/mol. The normalized spacial score (nSPS) is 11.7. The highest BCUT2D eigenvalue weighted by Gasteiger charge is 2.19. The lowest BCUT2D eigenvalue weighted by Gasteiger charge is -2.20. The Hall–Kier alpha value is -7.11. The van der Waals surface area contributed by atoms with Crippen LogP contribution in [0.15, 0.2) is 162 Å². The second-order valence-electron chi connectivity index (χ2n) is 16.1. The summed E-state index contributed by atoms with van der Waals surface area (Å²) in [6.45, 7) is 0. The molecule has 0 aliphatic carbocycles. The average molecular weight is 761 g/mol. The molecule has 11 aromatic rings. The molecule has 9 aromatic carbocycles. The van der Waals surface area contributed by atoms with E-state index in [1.54, 1.807) is 0 Å². The summed E-state index contributed by atoms with van der Waals surface area (Å²) in [6, 6.07) is 55.8.